The number of nitrogens with one attached hydrogen (secondary N) is 1. The Kier molecular flexibility index (Phi) is 6.23. The molecule has 5 rings (SSSR count). The Labute approximate surface area is 202 Å². The maximum Gasteiger partial charge on any atom is 0.306 e. The van der Waals surface area contributed by atoms with E-state index < -0.39 is 5.97 Å². The fraction of sp³-hybridized carbons (Fsp3) is 0.500. The molecule has 0 aromatic carbocycles. The number of anilines is 1. The van der Waals surface area contributed by atoms with Crippen molar-refractivity contribution in [1.29, 1.82) is 0 Å². The molecule has 11 heteroatoms. The number of carbonyl (C=O) groups is 1. The van der Waals surface area contributed by atoms with Crippen molar-refractivity contribution in [3.05, 3.63) is 41.6 Å². The number of nitrogens with zero attached hydrogens (tertiary/aromatic N) is 6. The molecular formula is C24H29N7O4. The summed E-state index contributed by atoms with van der Waals surface area (Å²) in [5.41, 5.74) is 4.07. The highest BCUT2D eigenvalue weighted by Crippen LogP contribution is 2.39. The van der Waals surface area contributed by atoms with E-state index in [1.807, 2.05) is 26.1 Å². The van der Waals surface area contributed by atoms with Crippen LogP contribution in [0.4, 0.5) is 5.95 Å². The van der Waals surface area contributed by atoms with Crippen LogP contribution in [0, 0.1) is 12.8 Å². The minimum absolute atomic E-state index is 0.120. The first kappa shape index (κ1) is 23.0. The third-order valence-electron chi connectivity index (χ3n) is 6.77. The molecule has 0 amide bonds. The number of hydrogen-bond donors (Lipinski definition) is 2. The molecule has 0 spiro atoms. The summed E-state index contributed by atoms with van der Waals surface area (Å²) in [6.45, 7) is 6.23. The quantitative estimate of drug-likeness (QED) is 0.460. The summed E-state index contributed by atoms with van der Waals surface area (Å²) in [5, 5.41) is 25.0. The van der Waals surface area contributed by atoms with Crippen molar-refractivity contribution in [1.82, 2.24) is 30.1 Å². The van der Waals surface area contributed by atoms with Gasteiger partial charge in [0.2, 0.25) is 5.89 Å². The zero-order valence-electron chi connectivity index (χ0n) is 19.9. The Balaban J connectivity index is 1.26. The molecular weight excluding hydrogens is 450 g/mol. The number of hydrogen-bond acceptors (Lipinski definition) is 9. The second kappa shape index (κ2) is 9.47. The molecule has 11 nitrogen and oxygen atoms in total. The third kappa shape index (κ3) is 4.89. The minimum Gasteiger partial charge on any atom is -0.489 e. The molecule has 2 atom stereocenters. The fourth-order valence-electron chi connectivity index (χ4n) is 4.68. The van der Waals surface area contributed by atoms with Crippen molar-refractivity contribution >= 4 is 11.9 Å². The van der Waals surface area contributed by atoms with Crippen molar-refractivity contribution < 1.29 is 19.2 Å². The van der Waals surface area contributed by atoms with E-state index in [1.54, 1.807) is 4.68 Å². The van der Waals surface area contributed by atoms with Crippen LogP contribution in [0.25, 0.3) is 11.4 Å². The van der Waals surface area contributed by atoms with Crippen LogP contribution < -0.4 is 10.1 Å². The lowest BCUT2D eigenvalue weighted by Crippen LogP contribution is -2.29. The summed E-state index contributed by atoms with van der Waals surface area (Å²) in [5.74, 6) is 0.869. The monoisotopic (exact) mass is 479 g/mol. The van der Waals surface area contributed by atoms with E-state index in [-0.39, 0.29) is 17.9 Å². The summed E-state index contributed by atoms with van der Waals surface area (Å²) >= 11 is 0. The maximum absolute atomic E-state index is 11.4. The molecule has 0 unspecified atom stereocenters. The summed E-state index contributed by atoms with van der Waals surface area (Å²) < 4.78 is 13.2. The van der Waals surface area contributed by atoms with E-state index in [0.717, 1.165) is 37.1 Å². The standard InChI is InChI=1S/C24H29N7O4/c1-13-9-16(10-13)22-27-24(29-35-22)25-12-19-21(28-30-31(19)3)18-7-8-20(14(2)26-18)34-17-6-4-5-15(11-17)23(32)33/h7-8,15-17H,1,4-6,9-12H2,2-3H3,(H,25,29)(H,32,33)/t15-,17-/m0/s1. The van der Waals surface area contributed by atoms with Gasteiger partial charge in [0.1, 0.15) is 11.4 Å². The van der Waals surface area contributed by atoms with E-state index >= 15 is 0 Å². The van der Waals surface area contributed by atoms with E-state index in [1.165, 1.54) is 5.57 Å². The van der Waals surface area contributed by atoms with Gasteiger partial charge in [0.25, 0.3) is 5.95 Å². The molecule has 3 aromatic heterocycles. The first-order valence-corrected chi connectivity index (χ1v) is 11.9. The number of carboxylic acid groups (broad SMARTS) is 1. The Bertz CT molecular complexity index is 1240. The maximum atomic E-state index is 11.4. The van der Waals surface area contributed by atoms with E-state index in [4.69, 9.17) is 14.2 Å². The number of aliphatic carboxylic acids is 1. The SMILES string of the molecule is C=C1CC(c2nc(NCc3c(-c4ccc(O[C@H]5CCC[C@H](C(=O)O)C5)c(C)n4)nnn3C)no2)C1. The van der Waals surface area contributed by atoms with Crippen LogP contribution in [0.2, 0.25) is 0 Å². The molecule has 35 heavy (non-hydrogen) atoms. The van der Waals surface area contributed by atoms with Crippen LogP contribution in [-0.2, 0) is 18.4 Å². The normalized spacial score (nSPS) is 20.5. The van der Waals surface area contributed by atoms with Gasteiger partial charge < -0.3 is 19.7 Å². The molecule has 3 heterocycles. The molecule has 184 valence electrons. The highest BCUT2D eigenvalue weighted by Gasteiger charge is 2.29. The third-order valence-corrected chi connectivity index (χ3v) is 6.77. The average Bonchev–Trinajstić information content (AvgIpc) is 3.43. The molecule has 2 N–H and O–H groups in total. The Hall–Kier alpha value is -3.76. The number of ether oxygens (including phenoxy) is 1. The smallest absolute Gasteiger partial charge is 0.306 e. The van der Waals surface area contributed by atoms with Gasteiger partial charge in [0, 0.05) is 13.0 Å². The number of pyridine rings is 1. The van der Waals surface area contributed by atoms with Crippen molar-refractivity contribution in [2.75, 3.05) is 5.32 Å². The molecule has 2 saturated carbocycles. The van der Waals surface area contributed by atoms with Crippen molar-refractivity contribution in [2.45, 2.75) is 64.0 Å². The molecule has 3 aromatic rings. The summed E-state index contributed by atoms with van der Waals surface area (Å²) in [4.78, 5) is 20.5. The van der Waals surface area contributed by atoms with Gasteiger partial charge >= 0.3 is 5.97 Å². The first-order valence-electron chi connectivity index (χ1n) is 11.9. The molecule has 0 aliphatic heterocycles. The Morgan fingerprint density at radius 2 is 2.14 bits per heavy atom. The number of aromatic nitrogens is 6. The number of rotatable bonds is 8. The van der Waals surface area contributed by atoms with Gasteiger partial charge in [0.05, 0.1) is 35.6 Å². The van der Waals surface area contributed by atoms with Gasteiger partial charge in [-0.1, -0.05) is 17.4 Å². The van der Waals surface area contributed by atoms with Crippen LogP contribution in [0.3, 0.4) is 0 Å². The summed E-state index contributed by atoms with van der Waals surface area (Å²) in [6.07, 6.45) is 4.58. The zero-order chi connectivity index (χ0) is 24.5. The number of allylic oxidation sites excluding steroid dienone is 1. The van der Waals surface area contributed by atoms with Crippen LogP contribution in [0.15, 0.2) is 28.8 Å². The first-order chi connectivity index (χ1) is 16.9. The van der Waals surface area contributed by atoms with E-state index in [9.17, 15) is 9.90 Å². The predicted octanol–water partition coefficient (Wildman–Crippen LogP) is 3.64. The molecule has 0 saturated heterocycles. The van der Waals surface area contributed by atoms with E-state index in [2.05, 4.69) is 32.3 Å². The summed E-state index contributed by atoms with van der Waals surface area (Å²) in [6, 6.07) is 3.72. The van der Waals surface area contributed by atoms with E-state index in [0.29, 0.717) is 48.4 Å². The van der Waals surface area contributed by atoms with Crippen molar-refractivity contribution in [3.63, 3.8) is 0 Å². The highest BCUT2D eigenvalue weighted by atomic mass is 16.5. The lowest BCUT2D eigenvalue weighted by Gasteiger charge is -2.27. The molecule has 2 fully saturated rings. The molecule has 2 aliphatic carbocycles. The Morgan fingerprint density at radius 3 is 2.89 bits per heavy atom. The Morgan fingerprint density at radius 1 is 1.31 bits per heavy atom. The van der Waals surface area contributed by atoms with Gasteiger partial charge in [-0.2, -0.15) is 4.98 Å². The van der Waals surface area contributed by atoms with Crippen LogP contribution in [0.5, 0.6) is 5.75 Å². The molecule has 2 aliphatic rings. The van der Waals surface area contributed by atoms with Gasteiger partial charge in [0.15, 0.2) is 0 Å². The van der Waals surface area contributed by atoms with Gasteiger partial charge in [-0.3, -0.25) is 4.79 Å². The highest BCUT2D eigenvalue weighted by molar-refractivity contribution is 5.70. The summed E-state index contributed by atoms with van der Waals surface area (Å²) in [7, 11) is 1.82. The second-order valence-electron chi connectivity index (χ2n) is 9.39. The predicted molar refractivity (Wildman–Crippen MR) is 126 cm³/mol. The largest absolute Gasteiger partial charge is 0.489 e. The van der Waals surface area contributed by atoms with Crippen LogP contribution in [-0.4, -0.2) is 47.3 Å². The van der Waals surface area contributed by atoms with Crippen LogP contribution >= 0.6 is 0 Å². The topological polar surface area (TPSA) is 141 Å². The van der Waals surface area contributed by atoms with Gasteiger partial charge in [-0.05, 0) is 62.7 Å². The lowest BCUT2D eigenvalue weighted by atomic mass is 9.81. The van der Waals surface area contributed by atoms with Crippen LogP contribution in [0.1, 0.15) is 61.7 Å². The molecule has 0 radical (unpaired) electrons. The minimum atomic E-state index is -0.752. The van der Waals surface area contributed by atoms with Crippen molar-refractivity contribution in [2.24, 2.45) is 13.0 Å². The average molecular weight is 480 g/mol. The second-order valence-corrected chi connectivity index (χ2v) is 9.39. The number of aryl methyl sites for hydroxylation is 2. The fourth-order valence-corrected chi connectivity index (χ4v) is 4.68. The van der Waals surface area contributed by atoms with Crippen molar-refractivity contribution in [3.8, 4) is 17.1 Å². The van der Waals surface area contributed by atoms with Gasteiger partial charge in [-0.25, -0.2) is 9.67 Å². The number of carboxylic acids is 1. The zero-order valence-corrected chi connectivity index (χ0v) is 19.9. The van der Waals surface area contributed by atoms with Gasteiger partial charge in [-0.15, -0.1) is 5.10 Å². The molecule has 0 bridgehead atoms. The lowest BCUT2D eigenvalue weighted by molar-refractivity contribution is -0.143.